The maximum absolute atomic E-state index is 12.3. The third kappa shape index (κ3) is 9.79. The lowest BCUT2D eigenvalue weighted by atomic mass is 9.67. The minimum Gasteiger partial charge on any atom is -0.478 e. The van der Waals surface area contributed by atoms with Gasteiger partial charge in [0, 0.05) is 24.8 Å². The molecule has 2 aromatic carbocycles. The van der Waals surface area contributed by atoms with Crippen molar-refractivity contribution in [3.63, 3.8) is 0 Å². The summed E-state index contributed by atoms with van der Waals surface area (Å²) < 4.78 is 16.7. The monoisotopic (exact) mass is 577 g/mol. The molecular weight excluding hydrogens is 530 g/mol. The molecule has 2 fully saturated rings. The van der Waals surface area contributed by atoms with E-state index in [4.69, 9.17) is 19.3 Å². The zero-order valence-corrected chi connectivity index (χ0v) is 25.0. The lowest BCUT2D eigenvalue weighted by molar-refractivity contribution is -0.160. The molecule has 1 aliphatic heterocycles. The lowest BCUT2D eigenvalue weighted by Gasteiger charge is -2.50. The van der Waals surface area contributed by atoms with Gasteiger partial charge in [0.25, 0.3) is 0 Å². The van der Waals surface area contributed by atoms with Crippen molar-refractivity contribution in [3.8, 4) is 0 Å². The Bertz CT molecular complexity index is 1110. The largest absolute Gasteiger partial charge is 0.478 e. The quantitative estimate of drug-likeness (QED) is 0.209. The molecule has 7 heteroatoms. The first-order valence-corrected chi connectivity index (χ1v) is 15.6. The Balaban J connectivity index is 0.000000208. The highest BCUT2D eigenvalue weighted by Gasteiger charge is 2.48. The van der Waals surface area contributed by atoms with Crippen molar-refractivity contribution in [2.45, 2.75) is 71.1 Å². The Morgan fingerprint density at radius 2 is 1.43 bits per heavy atom. The highest BCUT2D eigenvalue weighted by Crippen LogP contribution is 2.42. The summed E-state index contributed by atoms with van der Waals surface area (Å²) >= 11 is 0. The number of aliphatic carboxylic acids is 1. The smallest absolute Gasteiger partial charge is 0.331 e. The number of carbonyl (C=O) groups is 2. The molecule has 42 heavy (non-hydrogen) atoms. The number of esters is 1. The number of carboxylic acid groups (broad SMARTS) is 1. The zero-order chi connectivity index (χ0) is 29.6. The highest BCUT2D eigenvalue weighted by atomic mass is 16.5. The fourth-order valence-corrected chi connectivity index (χ4v) is 6.16. The first kappa shape index (κ1) is 31.9. The average molecular weight is 578 g/mol. The summed E-state index contributed by atoms with van der Waals surface area (Å²) in [6.07, 6.45) is 9.23. The first-order valence-electron chi connectivity index (χ1n) is 15.6. The summed E-state index contributed by atoms with van der Waals surface area (Å²) in [5.41, 5.74) is 2.93. The molecule has 5 rings (SSSR count). The number of allylic oxidation sites excluding steroid dienone is 1. The zero-order valence-electron chi connectivity index (χ0n) is 25.0. The maximum Gasteiger partial charge on any atom is 0.331 e. The Labute approximate surface area is 250 Å². The average Bonchev–Trinajstić information content (AvgIpc) is 2.97. The molecule has 228 valence electrons. The second-order valence-electron chi connectivity index (χ2n) is 11.6. The molecule has 2 aliphatic carbocycles. The number of piperidine rings is 1. The number of carbonyl (C=O) groups excluding carboxylic acids is 1. The Morgan fingerprint density at radius 1 is 0.857 bits per heavy atom. The van der Waals surface area contributed by atoms with Crippen molar-refractivity contribution in [3.05, 3.63) is 83.4 Å². The number of hydrogen-bond acceptors (Lipinski definition) is 6. The van der Waals surface area contributed by atoms with E-state index in [-0.39, 0.29) is 11.9 Å². The number of likely N-dealkylation sites (tertiary alicyclic amines) is 1. The molecule has 1 heterocycles. The molecule has 7 nitrogen and oxygen atoms in total. The van der Waals surface area contributed by atoms with Crippen LogP contribution in [0.1, 0.15) is 63.0 Å². The minimum absolute atomic E-state index is 0.000438. The van der Waals surface area contributed by atoms with Crippen molar-refractivity contribution < 1.29 is 28.9 Å². The van der Waals surface area contributed by atoms with Crippen LogP contribution < -0.4 is 0 Å². The van der Waals surface area contributed by atoms with Crippen molar-refractivity contribution in [1.82, 2.24) is 4.90 Å². The van der Waals surface area contributed by atoms with Gasteiger partial charge in [-0.1, -0.05) is 73.2 Å². The molecule has 0 radical (unpaired) electrons. The first-order chi connectivity index (χ1) is 20.5. The molecule has 2 aromatic rings. The van der Waals surface area contributed by atoms with Crippen LogP contribution in [0.25, 0.3) is 0 Å². The van der Waals surface area contributed by atoms with Crippen LogP contribution >= 0.6 is 0 Å². The molecule has 1 N–H and O–H groups in total. The predicted octanol–water partition coefficient (Wildman–Crippen LogP) is 6.27. The van der Waals surface area contributed by atoms with Crippen LogP contribution in [0.2, 0.25) is 0 Å². The van der Waals surface area contributed by atoms with E-state index in [1.165, 1.54) is 30.4 Å². The van der Waals surface area contributed by atoms with Gasteiger partial charge < -0.3 is 19.3 Å². The van der Waals surface area contributed by atoms with Gasteiger partial charge in [-0.15, -0.1) is 0 Å². The highest BCUT2D eigenvalue weighted by molar-refractivity contribution is 5.88. The normalized spacial score (nSPS) is 23.4. The number of rotatable bonds is 14. The van der Waals surface area contributed by atoms with Gasteiger partial charge in [0.1, 0.15) is 0 Å². The number of ether oxygens (including phenoxy) is 3. The van der Waals surface area contributed by atoms with E-state index in [9.17, 15) is 9.59 Å². The van der Waals surface area contributed by atoms with E-state index >= 15 is 0 Å². The number of benzene rings is 2. The maximum atomic E-state index is 12.3. The summed E-state index contributed by atoms with van der Waals surface area (Å²) in [5.74, 6) is 0.225. The Kier molecular flexibility index (Phi) is 13.1. The summed E-state index contributed by atoms with van der Waals surface area (Å²) in [5, 5.41) is 8.67. The fourth-order valence-electron chi connectivity index (χ4n) is 6.16. The third-order valence-corrected chi connectivity index (χ3v) is 8.54. The van der Waals surface area contributed by atoms with Gasteiger partial charge in [-0.2, -0.15) is 0 Å². The summed E-state index contributed by atoms with van der Waals surface area (Å²) in [6.45, 7) is 7.37. The standard InChI is InChI=1S/C21H31NO3.C14H16O3/c1-2-25-21(23)19-15-18(20(19)22-12-7-4-8-13-22)11-14-24-16-17-9-5-3-6-10-17;15-14(16)13-8-12(9-13)6-7-17-10-11-4-2-1-3-5-11/h3,5-6,9-10,18-20H,2,4,7-8,11-16H2,1H3;1-5,8,12H,6-7,9-10H2,(H,15,16). The molecular formula is C35H47NO6. The third-order valence-electron chi connectivity index (χ3n) is 8.54. The van der Waals surface area contributed by atoms with Crippen LogP contribution in [0.3, 0.4) is 0 Å². The van der Waals surface area contributed by atoms with Crippen LogP contribution in [-0.2, 0) is 37.0 Å². The molecule has 1 saturated heterocycles. The molecule has 4 atom stereocenters. The Morgan fingerprint density at radius 3 is 1.98 bits per heavy atom. The van der Waals surface area contributed by atoms with Gasteiger partial charge in [0.05, 0.1) is 25.7 Å². The second kappa shape index (κ2) is 17.2. The number of nitrogens with zero attached hydrogens (tertiary/aromatic N) is 1. The van der Waals surface area contributed by atoms with Crippen molar-refractivity contribution in [1.29, 1.82) is 0 Å². The van der Waals surface area contributed by atoms with E-state index in [0.29, 0.717) is 56.3 Å². The molecule has 0 spiro atoms. The van der Waals surface area contributed by atoms with E-state index in [1.807, 2.05) is 61.5 Å². The van der Waals surface area contributed by atoms with Gasteiger partial charge in [-0.3, -0.25) is 9.69 Å². The summed E-state index contributed by atoms with van der Waals surface area (Å²) in [6, 6.07) is 20.7. The molecule has 4 unspecified atom stereocenters. The molecule has 0 bridgehead atoms. The Hall–Kier alpha value is -3.00. The van der Waals surface area contributed by atoms with Crippen LogP contribution in [-0.4, -0.2) is 60.9 Å². The van der Waals surface area contributed by atoms with Crippen LogP contribution in [0.4, 0.5) is 0 Å². The van der Waals surface area contributed by atoms with Gasteiger partial charge in [-0.25, -0.2) is 4.79 Å². The fraction of sp³-hybridized carbons (Fsp3) is 0.543. The van der Waals surface area contributed by atoms with Crippen molar-refractivity contribution in [2.75, 3.05) is 32.9 Å². The minimum atomic E-state index is -0.786. The van der Waals surface area contributed by atoms with E-state index in [2.05, 4.69) is 17.0 Å². The van der Waals surface area contributed by atoms with Crippen LogP contribution in [0.5, 0.6) is 0 Å². The van der Waals surface area contributed by atoms with Crippen LogP contribution in [0.15, 0.2) is 72.3 Å². The predicted molar refractivity (Wildman–Crippen MR) is 163 cm³/mol. The SMILES string of the molecule is CCOC(=O)C1CC(CCOCc2ccccc2)C1N1CCCCC1.O=C(O)C1=CC(CCOCc2ccccc2)C1. The van der Waals surface area contributed by atoms with Gasteiger partial charge in [0.15, 0.2) is 0 Å². The molecule has 3 aliphatic rings. The molecule has 0 amide bonds. The van der Waals surface area contributed by atoms with Crippen molar-refractivity contribution >= 4 is 11.9 Å². The van der Waals surface area contributed by atoms with Gasteiger partial charge >= 0.3 is 11.9 Å². The van der Waals surface area contributed by atoms with E-state index in [1.54, 1.807) is 0 Å². The summed E-state index contributed by atoms with van der Waals surface area (Å²) in [4.78, 5) is 25.3. The summed E-state index contributed by atoms with van der Waals surface area (Å²) in [7, 11) is 0. The topological polar surface area (TPSA) is 85.3 Å². The van der Waals surface area contributed by atoms with E-state index < -0.39 is 5.97 Å². The lowest BCUT2D eigenvalue weighted by Crippen LogP contribution is -2.58. The second-order valence-corrected chi connectivity index (χ2v) is 11.6. The van der Waals surface area contributed by atoms with Gasteiger partial charge in [-0.05, 0) is 81.5 Å². The van der Waals surface area contributed by atoms with Gasteiger partial charge in [0.2, 0.25) is 0 Å². The molecule has 0 aromatic heterocycles. The number of hydrogen-bond donors (Lipinski definition) is 1. The van der Waals surface area contributed by atoms with E-state index in [0.717, 1.165) is 39.0 Å². The number of carboxylic acids is 1. The van der Waals surface area contributed by atoms with Crippen LogP contribution in [0, 0.1) is 17.8 Å². The molecule has 1 saturated carbocycles. The van der Waals surface area contributed by atoms with Crippen molar-refractivity contribution in [2.24, 2.45) is 17.8 Å².